The largest absolute Gasteiger partial charge is 0.393 e. The number of nitrogens with zero attached hydrogens (tertiary/aromatic N) is 4. The molecule has 7 heteroatoms. The van der Waals surface area contributed by atoms with Gasteiger partial charge in [-0.2, -0.15) is 0 Å². The zero-order valence-corrected chi connectivity index (χ0v) is 19.7. The van der Waals surface area contributed by atoms with E-state index in [2.05, 4.69) is 66.3 Å². The van der Waals surface area contributed by atoms with Crippen LogP contribution in [0.25, 0.3) is 15.6 Å². The third-order valence-electron chi connectivity index (χ3n) is 7.03. The van der Waals surface area contributed by atoms with E-state index in [9.17, 15) is 5.11 Å². The topological polar surface area (TPSA) is 65.6 Å². The third-order valence-corrected chi connectivity index (χ3v) is 7.88. The molecule has 0 amide bonds. The van der Waals surface area contributed by atoms with E-state index < -0.39 is 0 Å². The molecule has 2 heterocycles. The number of aliphatic hydroxyl groups is 1. The highest BCUT2D eigenvalue weighted by molar-refractivity contribution is 9.10. The van der Waals surface area contributed by atoms with Gasteiger partial charge >= 0.3 is 0 Å². The molecule has 0 bridgehead atoms. The fourth-order valence-corrected chi connectivity index (χ4v) is 5.46. The van der Waals surface area contributed by atoms with Crippen LogP contribution in [0.3, 0.4) is 0 Å². The average molecular weight is 492 g/mol. The third kappa shape index (κ3) is 3.94. The Morgan fingerprint density at radius 1 is 1.16 bits per heavy atom. The lowest BCUT2D eigenvalue weighted by atomic mass is 9.61. The van der Waals surface area contributed by atoms with E-state index in [0.717, 1.165) is 65.4 Å². The lowest BCUT2D eigenvalue weighted by Crippen LogP contribution is -2.49. The van der Waals surface area contributed by atoms with Gasteiger partial charge < -0.3 is 15.3 Å². The molecule has 3 aromatic rings. The van der Waals surface area contributed by atoms with Crippen LogP contribution in [0.15, 0.2) is 40.9 Å². The molecule has 5 rings (SSSR count). The van der Waals surface area contributed by atoms with Crippen LogP contribution in [0.1, 0.15) is 36.8 Å². The zero-order valence-electron chi connectivity index (χ0n) is 18.1. The van der Waals surface area contributed by atoms with Gasteiger partial charge in [-0.15, -0.1) is 10.2 Å². The van der Waals surface area contributed by atoms with Crippen molar-refractivity contribution in [2.75, 3.05) is 23.3 Å². The minimum atomic E-state index is -0.117. The first-order chi connectivity index (χ1) is 15.5. The number of fused-ring (bicyclic) bond motifs is 1. The van der Waals surface area contributed by atoms with Gasteiger partial charge in [0.15, 0.2) is 17.3 Å². The number of piperidine rings is 1. The molecule has 164 valence electrons. The molecule has 1 aliphatic carbocycles. The summed E-state index contributed by atoms with van der Waals surface area (Å²) >= 11 is 3.60. The van der Waals surface area contributed by atoms with Gasteiger partial charge in [-0.3, -0.25) is 0 Å². The first kappa shape index (κ1) is 21.2. The van der Waals surface area contributed by atoms with E-state index in [4.69, 9.17) is 6.57 Å². The van der Waals surface area contributed by atoms with E-state index >= 15 is 0 Å². The summed E-state index contributed by atoms with van der Waals surface area (Å²) in [6, 6.07) is 12.1. The smallest absolute Gasteiger partial charge is 0.188 e. The Balaban J connectivity index is 1.42. The van der Waals surface area contributed by atoms with Gasteiger partial charge in [0, 0.05) is 34.9 Å². The fourth-order valence-electron chi connectivity index (χ4n) is 5.04. The SMILES string of the molecule is [C-]#[N+]c1ccc2c(N3CCC4(CC3)CC(O)C4)nnc(NCc3ccc(C)c(Br)c3)c2c1. The van der Waals surface area contributed by atoms with Crippen molar-refractivity contribution < 1.29 is 5.11 Å². The molecular formula is C25H26BrN5O. The molecule has 0 atom stereocenters. The average Bonchev–Trinajstić information content (AvgIpc) is 2.79. The Kier molecular flexibility index (Phi) is 5.52. The van der Waals surface area contributed by atoms with Crippen molar-refractivity contribution >= 4 is 44.0 Å². The molecule has 0 radical (unpaired) electrons. The fraction of sp³-hybridized carbons (Fsp3) is 0.400. The molecule has 0 unspecified atom stereocenters. The minimum Gasteiger partial charge on any atom is -0.393 e. The summed E-state index contributed by atoms with van der Waals surface area (Å²) in [5.74, 6) is 1.58. The molecule has 1 saturated heterocycles. The van der Waals surface area contributed by atoms with Crippen molar-refractivity contribution in [2.45, 2.75) is 45.3 Å². The minimum absolute atomic E-state index is 0.117. The summed E-state index contributed by atoms with van der Waals surface area (Å²) in [6.07, 6.45) is 3.90. The Labute approximate surface area is 196 Å². The van der Waals surface area contributed by atoms with E-state index in [1.807, 2.05) is 18.2 Å². The lowest BCUT2D eigenvalue weighted by molar-refractivity contribution is -0.0464. The van der Waals surface area contributed by atoms with Crippen molar-refractivity contribution in [1.82, 2.24) is 10.2 Å². The number of halogens is 1. The van der Waals surface area contributed by atoms with Crippen molar-refractivity contribution in [3.05, 3.63) is 63.4 Å². The standard InChI is InChI=1S/C25H26BrN5O/c1-16-3-4-17(11-22(16)26)15-28-23-21-12-18(27-2)5-6-20(21)24(30-29-23)31-9-7-25(8-10-31)13-19(32)14-25/h3-6,11-12,19,32H,7-10,13-15H2,1H3,(H,28,29). The number of benzene rings is 2. The normalized spacial score (nSPS) is 17.9. The molecule has 1 aromatic heterocycles. The van der Waals surface area contributed by atoms with Crippen LogP contribution in [0, 0.1) is 18.9 Å². The van der Waals surface area contributed by atoms with E-state index in [1.54, 1.807) is 0 Å². The van der Waals surface area contributed by atoms with Crippen molar-refractivity contribution in [2.24, 2.45) is 5.41 Å². The maximum absolute atomic E-state index is 9.76. The molecule has 2 fully saturated rings. The molecule has 1 spiro atoms. The Morgan fingerprint density at radius 3 is 2.62 bits per heavy atom. The number of aryl methyl sites for hydroxylation is 1. The maximum atomic E-state index is 9.76. The Morgan fingerprint density at radius 2 is 1.94 bits per heavy atom. The van der Waals surface area contributed by atoms with Gasteiger partial charge in [0.25, 0.3) is 0 Å². The summed E-state index contributed by atoms with van der Waals surface area (Å²) in [5, 5.41) is 24.3. The molecule has 2 aliphatic rings. The number of hydrogen-bond acceptors (Lipinski definition) is 5. The number of anilines is 2. The molecule has 1 aliphatic heterocycles. The molecule has 32 heavy (non-hydrogen) atoms. The first-order valence-electron chi connectivity index (χ1n) is 11.1. The monoisotopic (exact) mass is 491 g/mol. The van der Waals surface area contributed by atoms with Gasteiger partial charge in [-0.1, -0.05) is 40.2 Å². The van der Waals surface area contributed by atoms with Crippen LogP contribution >= 0.6 is 15.9 Å². The van der Waals surface area contributed by atoms with E-state index in [0.29, 0.717) is 23.5 Å². The first-order valence-corrected chi connectivity index (χ1v) is 11.9. The molecule has 1 saturated carbocycles. The molecular weight excluding hydrogens is 466 g/mol. The van der Waals surface area contributed by atoms with E-state index in [1.165, 1.54) is 5.56 Å². The summed E-state index contributed by atoms with van der Waals surface area (Å²) < 4.78 is 1.08. The predicted molar refractivity (Wildman–Crippen MR) is 131 cm³/mol. The second-order valence-electron chi connectivity index (χ2n) is 9.20. The number of aliphatic hydroxyl groups excluding tert-OH is 1. The molecule has 2 aromatic carbocycles. The van der Waals surface area contributed by atoms with Crippen molar-refractivity contribution in [1.29, 1.82) is 0 Å². The summed E-state index contributed by atoms with van der Waals surface area (Å²) in [5.41, 5.74) is 3.26. The van der Waals surface area contributed by atoms with Gasteiger partial charge in [0.1, 0.15) is 0 Å². The quantitative estimate of drug-likeness (QED) is 0.464. The van der Waals surface area contributed by atoms with Crippen LogP contribution in [0.2, 0.25) is 0 Å². The number of nitrogens with one attached hydrogen (secondary N) is 1. The van der Waals surface area contributed by atoms with Crippen LogP contribution in [0.4, 0.5) is 17.3 Å². The van der Waals surface area contributed by atoms with Crippen LogP contribution in [-0.4, -0.2) is 34.5 Å². The summed E-state index contributed by atoms with van der Waals surface area (Å²) in [6.45, 7) is 12.0. The van der Waals surface area contributed by atoms with Crippen LogP contribution in [0.5, 0.6) is 0 Å². The second-order valence-corrected chi connectivity index (χ2v) is 10.1. The number of aromatic nitrogens is 2. The Hall–Kier alpha value is -2.69. The van der Waals surface area contributed by atoms with Crippen molar-refractivity contribution in [3.8, 4) is 0 Å². The van der Waals surface area contributed by atoms with Crippen LogP contribution < -0.4 is 10.2 Å². The summed E-state index contributed by atoms with van der Waals surface area (Å²) in [4.78, 5) is 5.93. The second kappa shape index (κ2) is 8.34. The van der Waals surface area contributed by atoms with Gasteiger partial charge in [-0.05, 0) is 61.3 Å². The van der Waals surface area contributed by atoms with Crippen LogP contribution in [-0.2, 0) is 6.54 Å². The summed E-state index contributed by atoms with van der Waals surface area (Å²) in [7, 11) is 0. The lowest BCUT2D eigenvalue weighted by Gasteiger charge is -2.50. The molecule has 2 N–H and O–H groups in total. The number of rotatable bonds is 4. The Bertz CT molecular complexity index is 1200. The predicted octanol–water partition coefficient (Wildman–Crippen LogP) is 5.60. The number of hydrogen-bond donors (Lipinski definition) is 2. The van der Waals surface area contributed by atoms with Gasteiger partial charge in [0.05, 0.1) is 12.7 Å². The zero-order chi connectivity index (χ0) is 22.3. The van der Waals surface area contributed by atoms with Crippen molar-refractivity contribution in [3.63, 3.8) is 0 Å². The van der Waals surface area contributed by atoms with Gasteiger partial charge in [-0.25, -0.2) is 4.85 Å². The highest BCUT2D eigenvalue weighted by Crippen LogP contribution is 2.49. The maximum Gasteiger partial charge on any atom is 0.188 e. The van der Waals surface area contributed by atoms with E-state index in [-0.39, 0.29) is 6.10 Å². The van der Waals surface area contributed by atoms with Gasteiger partial charge in [0.2, 0.25) is 0 Å². The highest BCUT2D eigenvalue weighted by atomic mass is 79.9. The highest BCUT2D eigenvalue weighted by Gasteiger charge is 2.45. The molecule has 6 nitrogen and oxygen atoms in total.